The lowest BCUT2D eigenvalue weighted by Crippen LogP contribution is -2.48. The Morgan fingerprint density at radius 3 is 3.06 bits per heavy atom. The second-order valence-electron chi connectivity index (χ2n) is 4.30. The molecule has 2 aliphatic heterocycles. The molecule has 2 unspecified atom stereocenters. The molecule has 1 fully saturated rings. The highest BCUT2D eigenvalue weighted by molar-refractivity contribution is 5.87. The third-order valence-corrected chi connectivity index (χ3v) is 3.27. The molecule has 0 spiro atoms. The Morgan fingerprint density at radius 1 is 1.44 bits per heavy atom. The number of hydrazine groups is 1. The highest BCUT2D eigenvalue weighted by atomic mass is 16.5. The maximum atomic E-state index is 11.7. The summed E-state index contributed by atoms with van der Waals surface area (Å²) >= 11 is 0. The SMILES string of the molecule is COc1ccccc1C1CC2C(=O)NN=CN2N1. The summed E-state index contributed by atoms with van der Waals surface area (Å²) in [5, 5.41) is 5.53. The highest BCUT2D eigenvalue weighted by Crippen LogP contribution is 2.33. The van der Waals surface area contributed by atoms with Crippen LogP contribution < -0.4 is 15.6 Å². The van der Waals surface area contributed by atoms with E-state index in [9.17, 15) is 4.79 Å². The number of carbonyl (C=O) groups excluding carboxylic acids is 1. The van der Waals surface area contributed by atoms with Crippen molar-refractivity contribution >= 4 is 12.2 Å². The molecule has 2 atom stereocenters. The van der Waals surface area contributed by atoms with Crippen LogP contribution >= 0.6 is 0 Å². The van der Waals surface area contributed by atoms with E-state index < -0.39 is 0 Å². The number of hydrazone groups is 1. The van der Waals surface area contributed by atoms with Crippen LogP contribution in [0.5, 0.6) is 5.75 Å². The van der Waals surface area contributed by atoms with Crippen molar-refractivity contribution < 1.29 is 9.53 Å². The number of ether oxygens (including phenoxy) is 1. The van der Waals surface area contributed by atoms with Gasteiger partial charge in [-0.25, -0.2) is 10.9 Å². The minimum Gasteiger partial charge on any atom is -0.496 e. The van der Waals surface area contributed by atoms with Crippen LogP contribution in [-0.4, -0.2) is 30.4 Å². The second kappa shape index (κ2) is 4.30. The third-order valence-electron chi connectivity index (χ3n) is 3.27. The van der Waals surface area contributed by atoms with Crippen LogP contribution in [0.4, 0.5) is 0 Å². The standard InChI is InChI=1S/C12H14N4O2/c1-18-11-5-3-2-4-8(11)9-6-10-12(17)14-13-7-16(10)15-9/h2-5,7,9-10,15H,6H2,1H3,(H,14,17). The van der Waals surface area contributed by atoms with Crippen LogP contribution in [-0.2, 0) is 4.79 Å². The number of hydrogen-bond donors (Lipinski definition) is 2. The molecule has 6 nitrogen and oxygen atoms in total. The number of benzene rings is 1. The first-order valence-electron chi connectivity index (χ1n) is 5.80. The molecule has 18 heavy (non-hydrogen) atoms. The minimum absolute atomic E-state index is 0.0569. The van der Waals surface area contributed by atoms with Gasteiger partial charge in [0, 0.05) is 5.56 Å². The molecule has 0 aliphatic carbocycles. The Bertz CT molecular complexity index is 503. The Hall–Kier alpha value is -2.08. The molecule has 1 saturated heterocycles. The van der Waals surface area contributed by atoms with Gasteiger partial charge < -0.3 is 4.74 Å². The lowest BCUT2D eigenvalue weighted by Gasteiger charge is -2.23. The summed E-state index contributed by atoms with van der Waals surface area (Å²) in [6.45, 7) is 0. The molecule has 0 saturated carbocycles. The predicted octanol–water partition coefficient (Wildman–Crippen LogP) is 0.388. The zero-order valence-electron chi connectivity index (χ0n) is 9.96. The predicted molar refractivity (Wildman–Crippen MR) is 65.7 cm³/mol. The molecular formula is C12H14N4O2. The lowest BCUT2D eigenvalue weighted by atomic mass is 10.0. The number of para-hydroxylation sites is 1. The quantitative estimate of drug-likeness (QED) is 0.792. The summed E-state index contributed by atoms with van der Waals surface area (Å²) < 4.78 is 5.35. The molecular weight excluding hydrogens is 232 g/mol. The topological polar surface area (TPSA) is 66.0 Å². The Kier molecular flexibility index (Phi) is 2.64. The van der Waals surface area contributed by atoms with Gasteiger partial charge in [0.2, 0.25) is 0 Å². The first kappa shape index (κ1) is 11.0. The van der Waals surface area contributed by atoms with Gasteiger partial charge in [-0.05, 0) is 12.5 Å². The number of carbonyl (C=O) groups is 1. The van der Waals surface area contributed by atoms with Gasteiger partial charge in [0.15, 0.2) is 0 Å². The number of fused-ring (bicyclic) bond motifs is 1. The van der Waals surface area contributed by atoms with Crippen molar-refractivity contribution in [2.45, 2.75) is 18.5 Å². The van der Waals surface area contributed by atoms with Crippen molar-refractivity contribution in [1.82, 2.24) is 15.9 Å². The normalized spacial score (nSPS) is 25.8. The number of nitrogens with zero attached hydrogens (tertiary/aromatic N) is 2. The summed E-state index contributed by atoms with van der Waals surface area (Å²) in [6, 6.07) is 7.66. The molecule has 1 aromatic rings. The van der Waals surface area contributed by atoms with E-state index in [1.165, 1.54) is 0 Å². The smallest absolute Gasteiger partial charge is 0.264 e. The van der Waals surface area contributed by atoms with Crippen LogP contribution in [0.15, 0.2) is 29.4 Å². The van der Waals surface area contributed by atoms with Crippen LogP contribution in [0.25, 0.3) is 0 Å². The van der Waals surface area contributed by atoms with Gasteiger partial charge in [-0.3, -0.25) is 9.80 Å². The zero-order valence-corrected chi connectivity index (χ0v) is 9.96. The first-order valence-corrected chi connectivity index (χ1v) is 5.80. The van der Waals surface area contributed by atoms with Crippen molar-refractivity contribution in [1.29, 1.82) is 0 Å². The van der Waals surface area contributed by atoms with Crippen LogP contribution in [0.1, 0.15) is 18.0 Å². The van der Waals surface area contributed by atoms with Crippen molar-refractivity contribution in [3.8, 4) is 5.75 Å². The molecule has 2 N–H and O–H groups in total. The fourth-order valence-corrected chi connectivity index (χ4v) is 2.39. The van der Waals surface area contributed by atoms with Crippen molar-refractivity contribution in [2.24, 2.45) is 5.10 Å². The fourth-order valence-electron chi connectivity index (χ4n) is 2.39. The van der Waals surface area contributed by atoms with Crippen molar-refractivity contribution in [2.75, 3.05) is 7.11 Å². The molecule has 2 heterocycles. The van der Waals surface area contributed by atoms with Gasteiger partial charge in [0.1, 0.15) is 18.1 Å². The summed E-state index contributed by atoms with van der Waals surface area (Å²) in [5.74, 6) is 0.745. The van der Waals surface area contributed by atoms with E-state index in [0.717, 1.165) is 11.3 Å². The van der Waals surface area contributed by atoms with Gasteiger partial charge >= 0.3 is 0 Å². The highest BCUT2D eigenvalue weighted by Gasteiger charge is 2.38. The molecule has 1 aromatic carbocycles. The number of nitrogens with one attached hydrogen (secondary N) is 2. The molecule has 1 amide bonds. The molecule has 94 valence electrons. The number of amides is 1. The van der Waals surface area contributed by atoms with E-state index in [4.69, 9.17) is 4.74 Å². The minimum atomic E-state index is -0.211. The zero-order chi connectivity index (χ0) is 12.5. The van der Waals surface area contributed by atoms with E-state index in [1.807, 2.05) is 24.3 Å². The Morgan fingerprint density at radius 2 is 2.28 bits per heavy atom. The van der Waals surface area contributed by atoms with Gasteiger partial charge in [0.05, 0.1) is 13.2 Å². The number of methoxy groups -OCH3 is 1. The van der Waals surface area contributed by atoms with Crippen LogP contribution in [0.2, 0.25) is 0 Å². The van der Waals surface area contributed by atoms with Crippen LogP contribution in [0, 0.1) is 0 Å². The maximum absolute atomic E-state index is 11.7. The Balaban J connectivity index is 1.87. The molecule has 3 rings (SSSR count). The monoisotopic (exact) mass is 246 g/mol. The van der Waals surface area contributed by atoms with Crippen molar-refractivity contribution in [3.05, 3.63) is 29.8 Å². The maximum Gasteiger partial charge on any atom is 0.264 e. The van der Waals surface area contributed by atoms with E-state index >= 15 is 0 Å². The van der Waals surface area contributed by atoms with Gasteiger partial charge in [-0.15, -0.1) is 0 Å². The van der Waals surface area contributed by atoms with Gasteiger partial charge in [-0.2, -0.15) is 5.10 Å². The Labute approximate surface area is 105 Å². The van der Waals surface area contributed by atoms with E-state index in [-0.39, 0.29) is 18.0 Å². The van der Waals surface area contributed by atoms with E-state index in [1.54, 1.807) is 18.5 Å². The fraction of sp³-hybridized carbons (Fsp3) is 0.333. The largest absolute Gasteiger partial charge is 0.496 e. The summed E-state index contributed by atoms with van der Waals surface area (Å²) in [7, 11) is 1.65. The molecule has 0 bridgehead atoms. The average Bonchev–Trinajstić information content (AvgIpc) is 2.84. The summed E-state index contributed by atoms with van der Waals surface area (Å²) in [5.41, 5.74) is 6.78. The molecule has 2 aliphatic rings. The molecule has 0 aromatic heterocycles. The summed E-state index contributed by atoms with van der Waals surface area (Å²) in [4.78, 5) is 11.7. The molecule has 6 heteroatoms. The second-order valence-corrected chi connectivity index (χ2v) is 4.30. The number of hydrogen-bond acceptors (Lipinski definition) is 5. The van der Waals surface area contributed by atoms with Gasteiger partial charge in [-0.1, -0.05) is 18.2 Å². The molecule has 0 radical (unpaired) electrons. The third kappa shape index (κ3) is 1.70. The average molecular weight is 246 g/mol. The van der Waals surface area contributed by atoms with Gasteiger partial charge in [0.25, 0.3) is 5.91 Å². The van der Waals surface area contributed by atoms with Crippen LogP contribution in [0.3, 0.4) is 0 Å². The first-order chi connectivity index (χ1) is 8.79. The van der Waals surface area contributed by atoms with Crippen molar-refractivity contribution in [3.63, 3.8) is 0 Å². The van der Waals surface area contributed by atoms with E-state index in [0.29, 0.717) is 6.42 Å². The van der Waals surface area contributed by atoms with E-state index in [2.05, 4.69) is 16.0 Å². The number of rotatable bonds is 2. The summed E-state index contributed by atoms with van der Waals surface area (Å²) in [6.07, 6.45) is 2.29. The lowest BCUT2D eigenvalue weighted by molar-refractivity contribution is -0.125.